The van der Waals surface area contributed by atoms with Crippen LogP contribution >= 0.6 is 34.8 Å². The fourth-order valence-corrected chi connectivity index (χ4v) is 2.41. The third-order valence-corrected chi connectivity index (χ3v) is 4.00. The van der Waals surface area contributed by atoms with Gasteiger partial charge in [-0.1, -0.05) is 71.2 Å². The van der Waals surface area contributed by atoms with Crippen molar-refractivity contribution in [1.82, 2.24) is 5.32 Å². The highest BCUT2D eigenvalue weighted by Crippen LogP contribution is 2.33. The molecule has 2 aromatic rings. The predicted octanol–water partition coefficient (Wildman–Crippen LogP) is 5.64. The van der Waals surface area contributed by atoms with E-state index < -0.39 is 27.6 Å². The number of amides is 1. The minimum atomic E-state index is -4.52. The lowest BCUT2D eigenvalue weighted by molar-refractivity contribution is -0.137. The van der Waals surface area contributed by atoms with Gasteiger partial charge in [0.15, 0.2) is 0 Å². The zero-order valence-corrected chi connectivity index (χ0v) is 15.9. The molecule has 2 rings (SSSR count). The van der Waals surface area contributed by atoms with E-state index in [-0.39, 0.29) is 5.69 Å². The summed E-state index contributed by atoms with van der Waals surface area (Å²) < 4.78 is 36.5. The van der Waals surface area contributed by atoms with Gasteiger partial charge < -0.3 is 10.6 Å². The van der Waals surface area contributed by atoms with Crippen molar-refractivity contribution in [2.75, 3.05) is 5.32 Å². The van der Waals surface area contributed by atoms with Crippen LogP contribution < -0.4 is 10.6 Å². The van der Waals surface area contributed by atoms with Crippen LogP contribution in [0.25, 0.3) is 6.08 Å². The second-order valence-electron chi connectivity index (χ2n) is 5.45. The number of halogens is 6. The van der Waals surface area contributed by atoms with Crippen LogP contribution in [0.15, 0.2) is 60.7 Å². The molecule has 0 aliphatic rings. The molecular formula is C18H14Cl3F3N2O. The van der Waals surface area contributed by atoms with E-state index in [0.29, 0.717) is 0 Å². The average molecular weight is 438 g/mol. The van der Waals surface area contributed by atoms with E-state index in [2.05, 4.69) is 10.6 Å². The molecule has 1 atom stereocenters. The largest absolute Gasteiger partial charge is 0.416 e. The van der Waals surface area contributed by atoms with Crippen LogP contribution in [-0.4, -0.2) is 15.9 Å². The molecule has 0 heterocycles. The molecule has 1 amide bonds. The molecule has 0 radical (unpaired) electrons. The molecule has 2 N–H and O–H groups in total. The number of hydrogen-bond donors (Lipinski definition) is 2. The molecule has 27 heavy (non-hydrogen) atoms. The van der Waals surface area contributed by atoms with Crippen molar-refractivity contribution in [2.24, 2.45) is 0 Å². The molecule has 0 unspecified atom stereocenters. The van der Waals surface area contributed by atoms with Crippen molar-refractivity contribution in [1.29, 1.82) is 0 Å². The van der Waals surface area contributed by atoms with E-state index in [0.717, 1.165) is 17.7 Å². The lowest BCUT2D eigenvalue weighted by Crippen LogP contribution is -2.48. The quantitative estimate of drug-likeness (QED) is 0.361. The van der Waals surface area contributed by atoms with Gasteiger partial charge in [0.1, 0.15) is 6.17 Å². The normalized spacial score (nSPS) is 13.4. The Balaban J connectivity index is 2.12. The average Bonchev–Trinajstić information content (AvgIpc) is 2.59. The van der Waals surface area contributed by atoms with E-state index in [9.17, 15) is 18.0 Å². The van der Waals surface area contributed by atoms with Gasteiger partial charge in [0.05, 0.1) is 5.56 Å². The standard InChI is InChI=1S/C18H14Cl3F3N2O/c19-17(20,21)16(25-14-8-4-7-13(11-14)18(22,23)24)26-15(27)10-9-12-5-2-1-3-6-12/h1-11,16,25H,(H,26,27)/b10-9-/t16-/m0/s1. The Morgan fingerprint density at radius 3 is 2.26 bits per heavy atom. The van der Waals surface area contributed by atoms with Gasteiger partial charge in [-0.25, -0.2) is 0 Å². The third kappa shape index (κ3) is 6.97. The molecule has 0 spiro atoms. The number of alkyl halides is 6. The minimum absolute atomic E-state index is 0.0356. The van der Waals surface area contributed by atoms with Gasteiger partial charge in [-0.15, -0.1) is 0 Å². The van der Waals surface area contributed by atoms with Gasteiger partial charge >= 0.3 is 6.18 Å². The van der Waals surface area contributed by atoms with Crippen LogP contribution in [0.5, 0.6) is 0 Å². The molecular weight excluding hydrogens is 424 g/mol. The number of benzene rings is 2. The first-order valence-electron chi connectivity index (χ1n) is 7.60. The maximum absolute atomic E-state index is 12.8. The zero-order valence-electron chi connectivity index (χ0n) is 13.6. The fraction of sp³-hybridized carbons (Fsp3) is 0.167. The molecule has 0 aliphatic carbocycles. The Labute approximate surface area is 169 Å². The summed E-state index contributed by atoms with van der Waals surface area (Å²) in [5, 5.41) is 5.02. The molecule has 0 saturated carbocycles. The Hall–Kier alpha value is -1.89. The summed E-state index contributed by atoms with van der Waals surface area (Å²) in [6, 6.07) is 13.4. The van der Waals surface area contributed by atoms with E-state index in [1.165, 1.54) is 18.2 Å². The summed E-state index contributed by atoms with van der Waals surface area (Å²) >= 11 is 17.5. The van der Waals surface area contributed by atoms with Gasteiger partial charge in [0.25, 0.3) is 0 Å². The Kier molecular flexibility index (Phi) is 7.03. The van der Waals surface area contributed by atoms with Crippen LogP contribution in [0.4, 0.5) is 18.9 Å². The summed E-state index contributed by atoms with van der Waals surface area (Å²) in [6.45, 7) is 0. The highest BCUT2D eigenvalue weighted by molar-refractivity contribution is 6.68. The van der Waals surface area contributed by atoms with Crippen molar-refractivity contribution < 1.29 is 18.0 Å². The van der Waals surface area contributed by atoms with Crippen molar-refractivity contribution >= 4 is 52.5 Å². The highest BCUT2D eigenvalue weighted by Gasteiger charge is 2.35. The Morgan fingerprint density at radius 1 is 1.00 bits per heavy atom. The van der Waals surface area contributed by atoms with Crippen molar-refractivity contribution in [3.8, 4) is 0 Å². The molecule has 0 saturated heterocycles. The smallest absolute Gasteiger partial charge is 0.362 e. The Morgan fingerprint density at radius 2 is 1.67 bits per heavy atom. The van der Waals surface area contributed by atoms with Crippen molar-refractivity contribution in [3.05, 3.63) is 71.8 Å². The number of hydrogen-bond acceptors (Lipinski definition) is 2. The van der Waals surface area contributed by atoms with Gasteiger partial charge in [-0.05, 0) is 29.8 Å². The van der Waals surface area contributed by atoms with Crippen LogP contribution in [-0.2, 0) is 11.0 Å². The van der Waals surface area contributed by atoms with Gasteiger partial charge in [-0.3, -0.25) is 4.79 Å². The monoisotopic (exact) mass is 436 g/mol. The number of rotatable bonds is 5. The van der Waals surface area contributed by atoms with Crippen molar-refractivity contribution in [2.45, 2.75) is 16.1 Å². The van der Waals surface area contributed by atoms with Crippen LogP contribution in [0.3, 0.4) is 0 Å². The number of anilines is 1. The summed E-state index contributed by atoms with van der Waals surface area (Å²) in [5.41, 5.74) is -0.0525. The fourth-order valence-electron chi connectivity index (χ4n) is 2.08. The second kappa shape index (κ2) is 8.87. The maximum atomic E-state index is 12.8. The molecule has 144 valence electrons. The molecule has 3 nitrogen and oxygen atoms in total. The number of carbonyl (C=O) groups is 1. The van der Waals surface area contributed by atoms with Crippen LogP contribution in [0.2, 0.25) is 0 Å². The lowest BCUT2D eigenvalue weighted by atomic mass is 10.2. The number of nitrogens with one attached hydrogen (secondary N) is 2. The van der Waals surface area contributed by atoms with Gasteiger partial charge in [-0.2, -0.15) is 13.2 Å². The maximum Gasteiger partial charge on any atom is 0.416 e. The van der Waals surface area contributed by atoms with E-state index in [4.69, 9.17) is 34.8 Å². The zero-order chi connectivity index (χ0) is 20.1. The van der Waals surface area contributed by atoms with Crippen LogP contribution in [0, 0.1) is 0 Å². The molecule has 2 aromatic carbocycles. The SMILES string of the molecule is O=C(/C=C\c1ccccc1)N[C@H](Nc1cccc(C(F)(F)F)c1)C(Cl)(Cl)Cl. The molecule has 0 fully saturated rings. The summed E-state index contributed by atoms with van der Waals surface area (Å²) in [4.78, 5) is 12.1. The number of carbonyl (C=O) groups excluding carboxylic acids is 1. The van der Waals surface area contributed by atoms with Gasteiger partial charge in [0, 0.05) is 11.8 Å². The van der Waals surface area contributed by atoms with Crippen LogP contribution in [0.1, 0.15) is 11.1 Å². The summed E-state index contributed by atoms with van der Waals surface area (Å²) in [6.07, 6.45) is -3.00. The van der Waals surface area contributed by atoms with Gasteiger partial charge in [0.2, 0.25) is 9.70 Å². The minimum Gasteiger partial charge on any atom is -0.362 e. The molecule has 0 bridgehead atoms. The predicted molar refractivity (Wildman–Crippen MR) is 103 cm³/mol. The highest BCUT2D eigenvalue weighted by atomic mass is 35.6. The molecule has 0 aliphatic heterocycles. The second-order valence-corrected chi connectivity index (χ2v) is 7.82. The van der Waals surface area contributed by atoms with E-state index >= 15 is 0 Å². The first-order chi connectivity index (χ1) is 12.6. The van der Waals surface area contributed by atoms with E-state index in [1.54, 1.807) is 30.3 Å². The van der Waals surface area contributed by atoms with Crippen molar-refractivity contribution in [3.63, 3.8) is 0 Å². The summed E-state index contributed by atoms with van der Waals surface area (Å²) in [7, 11) is 0. The Bertz CT molecular complexity index is 805. The van der Waals surface area contributed by atoms with E-state index in [1.807, 2.05) is 6.07 Å². The molecule has 9 heteroatoms. The first-order valence-corrected chi connectivity index (χ1v) is 8.73. The topological polar surface area (TPSA) is 41.1 Å². The lowest BCUT2D eigenvalue weighted by Gasteiger charge is -2.27. The third-order valence-electron chi connectivity index (χ3n) is 3.34. The first kappa shape index (κ1) is 21.4. The summed E-state index contributed by atoms with van der Waals surface area (Å²) in [5.74, 6) is -0.588. The molecule has 0 aromatic heterocycles.